The van der Waals surface area contributed by atoms with Crippen LogP contribution in [0.1, 0.15) is 21.9 Å². The van der Waals surface area contributed by atoms with Crippen LogP contribution in [0.4, 0.5) is 8.78 Å². The number of carbonyl (C=O) groups excluding carboxylic acids is 1. The molecular formula is C20H15F2N5O2. The number of nitrogens with one attached hydrogen (secondary N) is 1. The van der Waals surface area contributed by atoms with Crippen molar-refractivity contribution in [3.05, 3.63) is 87.7 Å². The highest BCUT2D eigenvalue weighted by Gasteiger charge is 2.22. The molecule has 0 bridgehead atoms. The van der Waals surface area contributed by atoms with Gasteiger partial charge in [0.1, 0.15) is 28.7 Å². The van der Waals surface area contributed by atoms with Gasteiger partial charge in [0.15, 0.2) is 11.3 Å². The Hall–Kier alpha value is -3.88. The predicted octanol–water partition coefficient (Wildman–Crippen LogP) is 2.27. The summed E-state index contributed by atoms with van der Waals surface area (Å²) in [5.74, 6) is -2.56. The Balaban J connectivity index is 1.90. The molecule has 9 heteroatoms. The molecule has 2 aromatic heterocycles. The monoisotopic (exact) mass is 395 g/mol. The van der Waals surface area contributed by atoms with Crippen molar-refractivity contribution in [2.75, 3.05) is 0 Å². The quantitative estimate of drug-likeness (QED) is 0.541. The van der Waals surface area contributed by atoms with E-state index in [9.17, 15) is 18.4 Å². The number of imidazole rings is 1. The zero-order valence-electron chi connectivity index (χ0n) is 15.0. The Bertz CT molecular complexity index is 1260. The van der Waals surface area contributed by atoms with Crippen molar-refractivity contribution in [2.24, 2.45) is 5.73 Å². The average molecular weight is 395 g/mol. The van der Waals surface area contributed by atoms with Crippen LogP contribution in [0.25, 0.3) is 16.9 Å². The molecule has 2 aromatic carbocycles. The lowest BCUT2D eigenvalue weighted by Crippen LogP contribution is -2.18. The van der Waals surface area contributed by atoms with Crippen LogP contribution in [0.2, 0.25) is 0 Å². The van der Waals surface area contributed by atoms with Crippen molar-refractivity contribution >= 4 is 17.1 Å². The number of aromatic amines is 1. The summed E-state index contributed by atoms with van der Waals surface area (Å²) < 4.78 is 29.4. The van der Waals surface area contributed by atoms with E-state index in [-0.39, 0.29) is 22.7 Å². The number of H-pyrrole nitrogens is 1. The molecule has 4 aromatic rings. The number of primary amides is 1. The standard InChI is InChI=1S/C20H15F2N5O2/c21-12-7-4-8-13(22)17(12)27-19-16(26-20(27)29)15(18(23)28)24-14(25-19)10-9-11-5-2-1-3-6-11/h1-8H,9-10H2,(H2,23,28)(H,26,29). The molecule has 0 aliphatic rings. The fourth-order valence-electron chi connectivity index (χ4n) is 3.13. The molecule has 0 radical (unpaired) electrons. The van der Waals surface area contributed by atoms with Crippen molar-refractivity contribution in [1.82, 2.24) is 19.5 Å². The molecule has 0 saturated carbocycles. The van der Waals surface area contributed by atoms with Gasteiger partial charge in [-0.15, -0.1) is 0 Å². The molecule has 3 N–H and O–H groups in total. The molecule has 0 atom stereocenters. The van der Waals surface area contributed by atoms with E-state index in [4.69, 9.17) is 5.73 Å². The summed E-state index contributed by atoms with van der Waals surface area (Å²) in [6, 6.07) is 12.7. The van der Waals surface area contributed by atoms with Gasteiger partial charge in [-0.1, -0.05) is 36.4 Å². The Morgan fingerprint density at radius 1 is 1.00 bits per heavy atom. The van der Waals surface area contributed by atoms with Crippen molar-refractivity contribution in [1.29, 1.82) is 0 Å². The second-order valence-corrected chi connectivity index (χ2v) is 6.37. The van der Waals surface area contributed by atoms with E-state index in [1.807, 2.05) is 30.3 Å². The molecule has 0 aliphatic carbocycles. The molecule has 0 aliphatic heterocycles. The number of fused-ring (bicyclic) bond motifs is 1. The van der Waals surface area contributed by atoms with Gasteiger partial charge in [0.25, 0.3) is 5.91 Å². The van der Waals surface area contributed by atoms with Gasteiger partial charge >= 0.3 is 5.69 Å². The third-order valence-electron chi connectivity index (χ3n) is 4.46. The second kappa shape index (κ2) is 7.27. The summed E-state index contributed by atoms with van der Waals surface area (Å²) >= 11 is 0. The molecule has 4 rings (SSSR count). The highest BCUT2D eigenvalue weighted by atomic mass is 19.1. The van der Waals surface area contributed by atoms with Crippen molar-refractivity contribution in [3.63, 3.8) is 0 Å². The SMILES string of the molecule is NC(=O)c1nc(CCc2ccccc2)nc2c1[nH]c(=O)n2-c1c(F)cccc1F. The summed E-state index contributed by atoms with van der Waals surface area (Å²) in [5.41, 5.74) is 4.56. The number of carbonyl (C=O) groups is 1. The maximum atomic E-state index is 14.3. The zero-order chi connectivity index (χ0) is 20.5. The highest BCUT2D eigenvalue weighted by molar-refractivity contribution is 6.01. The number of benzene rings is 2. The largest absolute Gasteiger partial charge is 0.364 e. The van der Waals surface area contributed by atoms with Gasteiger partial charge in [-0.3, -0.25) is 4.79 Å². The molecule has 0 unspecified atom stereocenters. The molecule has 1 amide bonds. The number of aryl methyl sites for hydroxylation is 2. The number of aromatic nitrogens is 4. The molecule has 7 nitrogen and oxygen atoms in total. The van der Waals surface area contributed by atoms with E-state index in [2.05, 4.69) is 15.0 Å². The second-order valence-electron chi connectivity index (χ2n) is 6.37. The van der Waals surface area contributed by atoms with E-state index >= 15 is 0 Å². The third-order valence-corrected chi connectivity index (χ3v) is 4.46. The average Bonchev–Trinajstić information content (AvgIpc) is 3.02. The Morgan fingerprint density at radius 3 is 2.34 bits per heavy atom. The van der Waals surface area contributed by atoms with Crippen LogP contribution in [-0.4, -0.2) is 25.4 Å². The number of nitrogens with zero attached hydrogens (tertiary/aromatic N) is 3. The maximum absolute atomic E-state index is 14.3. The summed E-state index contributed by atoms with van der Waals surface area (Å²) in [6.45, 7) is 0. The summed E-state index contributed by atoms with van der Waals surface area (Å²) in [4.78, 5) is 35.2. The fourth-order valence-corrected chi connectivity index (χ4v) is 3.13. The minimum Gasteiger partial charge on any atom is -0.364 e. The molecule has 0 saturated heterocycles. The highest BCUT2D eigenvalue weighted by Crippen LogP contribution is 2.21. The van der Waals surface area contributed by atoms with Crippen LogP contribution in [0.5, 0.6) is 0 Å². The van der Waals surface area contributed by atoms with Crippen LogP contribution in [0.3, 0.4) is 0 Å². The van der Waals surface area contributed by atoms with Gasteiger partial charge in [0, 0.05) is 6.42 Å². The summed E-state index contributed by atoms with van der Waals surface area (Å²) in [6.07, 6.45) is 0.895. The predicted molar refractivity (Wildman–Crippen MR) is 102 cm³/mol. The Kier molecular flexibility index (Phi) is 4.63. The number of hydrogen-bond acceptors (Lipinski definition) is 4. The number of rotatable bonds is 5. The van der Waals surface area contributed by atoms with Crippen LogP contribution in [0.15, 0.2) is 53.3 Å². The van der Waals surface area contributed by atoms with Crippen molar-refractivity contribution in [3.8, 4) is 5.69 Å². The van der Waals surface area contributed by atoms with Gasteiger partial charge in [0.2, 0.25) is 0 Å². The maximum Gasteiger partial charge on any atom is 0.332 e. The van der Waals surface area contributed by atoms with Crippen LogP contribution in [0, 0.1) is 11.6 Å². The number of para-hydroxylation sites is 1. The lowest BCUT2D eigenvalue weighted by molar-refractivity contribution is 0.0996. The molecule has 0 spiro atoms. The third kappa shape index (κ3) is 3.38. The summed E-state index contributed by atoms with van der Waals surface area (Å²) in [7, 11) is 0. The minimum atomic E-state index is -0.946. The van der Waals surface area contributed by atoms with Crippen molar-refractivity contribution < 1.29 is 13.6 Å². The van der Waals surface area contributed by atoms with Crippen LogP contribution in [-0.2, 0) is 12.8 Å². The molecule has 146 valence electrons. The van der Waals surface area contributed by atoms with E-state index in [0.717, 1.165) is 22.3 Å². The van der Waals surface area contributed by atoms with Crippen LogP contribution >= 0.6 is 0 Å². The van der Waals surface area contributed by atoms with Crippen LogP contribution < -0.4 is 11.4 Å². The van der Waals surface area contributed by atoms with Gasteiger partial charge < -0.3 is 10.7 Å². The number of nitrogens with two attached hydrogens (primary N) is 1. The fraction of sp³-hybridized carbons (Fsp3) is 0.100. The number of halogens is 2. The van der Waals surface area contributed by atoms with Gasteiger partial charge in [-0.2, -0.15) is 0 Å². The first kappa shape index (κ1) is 18.5. The normalized spacial score (nSPS) is 11.1. The van der Waals surface area contributed by atoms with Crippen molar-refractivity contribution in [2.45, 2.75) is 12.8 Å². The van der Waals surface area contributed by atoms with Gasteiger partial charge in [0.05, 0.1) is 0 Å². The first-order chi connectivity index (χ1) is 14.0. The Labute approximate surface area is 162 Å². The van der Waals surface area contributed by atoms with E-state index < -0.39 is 28.9 Å². The van der Waals surface area contributed by atoms with Gasteiger partial charge in [-0.25, -0.2) is 28.1 Å². The number of hydrogen-bond donors (Lipinski definition) is 2. The lowest BCUT2D eigenvalue weighted by Gasteiger charge is -2.08. The number of amides is 1. The van der Waals surface area contributed by atoms with E-state index in [1.165, 1.54) is 6.07 Å². The topological polar surface area (TPSA) is 107 Å². The molecule has 2 heterocycles. The zero-order valence-corrected chi connectivity index (χ0v) is 15.0. The molecular weight excluding hydrogens is 380 g/mol. The Morgan fingerprint density at radius 2 is 1.69 bits per heavy atom. The molecule has 29 heavy (non-hydrogen) atoms. The van der Waals surface area contributed by atoms with E-state index in [1.54, 1.807) is 0 Å². The minimum absolute atomic E-state index is 0.0754. The van der Waals surface area contributed by atoms with E-state index in [0.29, 0.717) is 12.8 Å². The lowest BCUT2D eigenvalue weighted by atomic mass is 10.1. The van der Waals surface area contributed by atoms with Gasteiger partial charge in [-0.05, 0) is 24.1 Å². The first-order valence-electron chi connectivity index (χ1n) is 8.75. The molecule has 0 fully saturated rings. The first-order valence-corrected chi connectivity index (χ1v) is 8.75. The summed E-state index contributed by atoms with van der Waals surface area (Å²) in [5, 5.41) is 0. The smallest absolute Gasteiger partial charge is 0.332 e.